The van der Waals surface area contributed by atoms with Crippen molar-refractivity contribution < 1.29 is 18.3 Å². The number of halogens is 3. The topological polar surface area (TPSA) is 50.4 Å². The number of amides is 1. The smallest absolute Gasteiger partial charge is 0.387 e. The Labute approximate surface area is 153 Å². The summed E-state index contributed by atoms with van der Waals surface area (Å²) in [5.41, 5.74) is 0.566. The predicted octanol–water partition coefficient (Wildman–Crippen LogP) is 3.81. The van der Waals surface area contributed by atoms with Crippen LogP contribution in [0.25, 0.3) is 0 Å². The van der Waals surface area contributed by atoms with Crippen molar-refractivity contribution >= 4 is 18.3 Å². The molecule has 0 aromatic heterocycles. The van der Waals surface area contributed by atoms with E-state index in [1.807, 2.05) is 0 Å². The van der Waals surface area contributed by atoms with Gasteiger partial charge in [0.1, 0.15) is 5.75 Å². The first-order chi connectivity index (χ1) is 11.5. The van der Waals surface area contributed by atoms with Gasteiger partial charge in [0.05, 0.1) is 6.04 Å². The van der Waals surface area contributed by atoms with E-state index in [4.69, 9.17) is 0 Å². The largest absolute Gasteiger partial charge is 0.434 e. The molecule has 2 heterocycles. The third kappa shape index (κ3) is 5.28. The highest BCUT2D eigenvalue weighted by Gasteiger charge is 2.34. The maximum Gasteiger partial charge on any atom is 0.387 e. The Balaban J connectivity index is 0.00000225. The Morgan fingerprint density at radius 2 is 1.92 bits per heavy atom. The standard InChI is InChI=1S/C18H24F2N2O2.ClH/c1-11(15-4-2-3-5-16(15)24-18(19)20)21-17(23)10-12-8-13-6-7-14(9-12)22-13;/h2-5,11-14,18,22H,6-10H2,1H3,(H,21,23);1H. The zero-order chi connectivity index (χ0) is 17.1. The molecule has 0 radical (unpaired) electrons. The van der Waals surface area contributed by atoms with Gasteiger partial charge in [0.2, 0.25) is 5.91 Å². The minimum Gasteiger partial charge on any atom is -0.434 e. The number of para-hydroxylation sites is 1. The summed E-state index contributed by atoms with van der Waals surface area (Å²) in [6.07, 6.45) is 5.00. The number of ether oxygens (including phenoxy) is 1. The molecular formula is C18H25ClF2N2O2. The fourth-order valence-corrected chi connectivity index (χ4v) is 4.02. The summed E-state index contributed by atoms with van der Waals surface area (Å²) >= 11 is 0. The lowest BCUT2D eigenvalue weighted by Crippen LogP contribution is -2.40. The lowest BCUT2D eigenvalue weighted by atomic mass is 9.89. The summed E-state index contributed by atoms with van der Waals surface area (Å²) in [6.45, 7) is -1.09. The molecule has 3 unspecified atom stereocenters. The second-order valence-electron chi connectivity index (χ2n) is 6.88. The maximum absolute atomic E-state index is 12.5. The molecule has 3 rings (SSSR count). The SMILES string of the molecule is CC(NC(=O)CC1CC2CCC(C1)N2)c1ccccc1OC(F)F.Cl. The minimum atomic E-state index is -2.88. The number of piperidine rings is 1. The van der Waals surface area contributed by atoms with Crippen molar-refractivity contribution in [2.24, 2.45) is 5.92 Å². The van der Waals surface area contributed by atoms with Crippen LogP contribution < -0.4 is 15.4 Å². The average molecular weight is 375 g/mol. The zero-order valence-electron chi connectivity index (χ0n) is 14.2. The molecule has 7 heteroatoms. The van der Waals surface area contributed by atoms with Crippen molar-refractivity contribution in [1.82, 2.24) is 10.6 Å². The van der Waals surface area contributed by atoms with Crippen LogP contribution in [0.3, 0.4) is 0 Å². The van der Waals surface area contributed by atoms with Crippen LogP contribution in [0.2, 0.25) is 0 Å². The lowest BCUT2D eigenvalue weighted by molar-refractivity contribution is -0.122. The first kappa shape index (κ1) is 19.9. The lowest BCUT2D eigenvalue weighted by Gasteiger charge is -2.29. The van der Waals surface area contributed by atoms with Crippen molar-refractivity contribution in [2.75, 3.05) is 0 Å². The summed E-state index contributed by atoms with van der Waals surface area (Å²) in [6, 6.07) is 7.33. The van der Waals surface area contributed by atoms with Gasteiger partial charge in [0.25, 0.3) is 0 Å². The molecule has 2 aliphatic rings. The summed E-state index contributed by atoms with van der Waals surface area (Å²) in [5, 5.41) is 6.49. The zero-order valence-corrected chi connectivity index (χ0v) is 15.0. The Hall–Kier alpha value is -1.40. The van der Waals surface area contributed by atoms with Crippen molar-refractivity contribution in [1.29, 1.82) is 0 Å². The quantitative estimate of drug-likeness (QED) is 0.796. The molecule has 2 saturated heterocycles. The fraction of sp³-hybridized carbons (Fsp3) is 0.611. The Kier molecular flexibility index (Phi) is 7.02. The van der Waals surface area contributed by atoms with Crippen LogP contribution in [0.1, 0.15) is 50.6 Å². The van der Waals surface area contributed by atoms with Crippen LogP contribution in [-0.2, 0) is 4.79 Å². The number of benzene rings is 1. The molecule has 2 N–H and O–H groups in total. The highest BCUT2D eigenvalue weighted by molar-refractivity contribution is 5.85. The molecule has 2 aliphatic heterocycles. The number of alkyl halides is 2. The number of fused-ring (bicyclic) bond motifs is 2. The van der Waals surface area contributed by atoms with Crippen molar-refractivity contribution in [2.45, 2.75) is 63.8 Å². The monoisotopic (exact) mass is 374 g/mol. The first-order valence-electron chi connectivity index (χ1n) is 8.60. The van der Waals surface area contributed by atoms with Crippen LogP contribution in [0.5, 0.6) is 5.75 Å². The molecule has 25 heavy (non-hydrogen) atoms. The van der Waals surface area contributed by atoms with E-state index >= 15 is 0 Å². The fourth-order valence-electron chi connectivity index (χ4n) is 4.02. The van der Waals surface area contributed by atoms with Gasteiger partial charge in [-0.3, -0.25) is 4.79 Å². The minimum absolute atomic E-state index is 0. The van der Waals surface area contributed by atoms with E-state index < -0.39 is 6.61 Å². The highest BCUT2D eigenvalue weighted by Crippen LogP contribution is 2.33. The molecule has 1 aromatic carbocycles. The van der Waals surface area contributed by atoms with Gasteiger partial charge in [0.15, 0.2) is 0 Å². The van der Waals surface area contributed by atoms with Gasteiger partial charge in [-0.05, 0) is 44.6 Å². The molecule has 0 aliphatic carbocycles. The molecule has 1 amide bonds. The van der Waals surface area contributed by atoms with Gasteiger partial charge >= 0.3 is 6.61 Å². The van der Waals surface area contributed by atoms with Gasteiger partial charge in [-0.15, -0.1) is 12.4 Å². The third-order valence-corrected chi connectivity index (χ3v) is 5.02. The molecule has 1 aromatic rings. The van der Waals surface area contributed by atoms with E-state index in [2.05, 4.69) is 15.4 Å². The molecule has 2 fully saturated rings. The first-order valence-corrected chi connectivity index (χ1v) is 8.60. The van der Waals surface area contributed by atoms with Gasteiger partial charge in [0, 0.05) is 24.1 Å². The van der Waals surface area contributed by atoms with E-state index in [9.17, 15) is 13.6 Å². The summed E-state index contributed by atoms with van der Waals surface area (Å²) in [5.74, 6) is 0.490. The number of carbonyl (C=O) groups is 1. The van der Waals surface area contributed by atoms with Gasteiger partial charge in [-0.25, -0.2) is 0 Å². The van der Waals surface area contributed by atoms with Crippen LogP contribution in [-0.4, -0.2) is 24.6 Å². The molecule has 2 bridgehead atoms. The predicted molar refractivity (Wildman–Crippen MR) is 94.2 cm³/mol. The Bertz CT molecular complexity index is 576. The molecular weight excluding hydrogens is 350 g/mol. The van der Waals surface area contributed by atoms with Crippen LogP contribution in [0.15, 0.2) is 24.3 Å². The summed E-state index contributed by atoms with van der Waals surface area (Å²) < 4.78 is 29.5. The number of rotatable bonds is 6. The number of carbonyl (C=O) groups excluding carboxylic acids is 1. The average Bonchev–Trinajstić information content (AvgIpc) is 2.85. The molecule has 0 spiro atoms. The third-order valence-electron chi connectivity index (χ3n) is 5.02. The molecule has 0 saturated carbocycles. The second-order valence-corrected chi connectivity index (χ2v) is 6.88. The Morgan fingerprint density at radius 3 is 2.56 bits per heavy atom. The van der Waals surface area contributed by atoms with Crippen molar-refractivity contribution in [3.05, 3.63) is 29.8 Å². The summed E-state index contributed by atoms with van der Waals surface area (Å²) in [4.78, 5) is 12.3. The van der Waals surface area contributed by atoms with E-state index in [1.165, 1.54) is 18.9 Å². The van der Waals surface area contributed by atoms with E-state index in [1.54, 1.807) is 25.1 Å². The van der Waals surface area contributed by atoms with Gasteiger partial charge in [-0.2, -0.15) is 8.78 Å². The molecule has 3 atom stereocenters. The van der Waals surface area contributed by atoms with Crippen LogP contribution in [0.4, 0.5) is 8.78 Å². The normalized spacial score (nSPS) is 26.0. The maximum atomic E-state index is 12.5. The van der Waals surface area contributed by atoms with Gasteiger partial charge in [-0.1, -0.05) is 18.2 Å². The number of nitrogens with one attached hydrogen (secondary N) is 2. The molecule has 140 valence electrons. The van der Waals surface area contributed by atoms with E-state index in [-0.39, 0.29) is 30.1 Å². The highest BCUT2D eigenvalue weighted by atomic mass is 35.5. The van der Waals surface area contributed by atoms with E-state index in [0.29, 0.717) is 30.0 Å². The Morgan fingerprint density at radius 1 is 1.28 bits per heavy atom. The van der Waals surface area contributed by atoms with Crippen molar-refractivity contribution in [3.8, 4) is 5.75 Å². The number of hydrogen-bond donors (Lipinski definition) is 2. The second kappa shape index (κ2) is 8.81. The summed E-state index contributed by atoms with van der Waals surface area (Å²) in [7, 11) is 0. The van der Waals surface area contributed by atoms with Crippen LogP contribution >= 0.6 is 12.4 Å². The van der Waals surface area contributed by atoms with Crippen LogP contribution in [0, 0.1) is 5.92 Å². The van der Waals surface area contributed by atoms with Gasteiger partial charge < -0.3 is 15.4 Å². The number of hydrogen-bond acceptors (Lipinski definition) is 3. The van der Waals surface area contributed by atoms with Crippen molar-refractivity contribution in [3.63, 3.8) is 0 Å². The van der Waals surface area contributed by atoms with E-state index in [0.717, 1.165) is 12.8 Å². The molecule has 4 nitrogen and oxygen atoms in total.